The minimum absolute atomic E-state index is 0.00828. The van der Waals surface area contributed by atoms with E-state index >= 15 is 0 Å². The summed E-state index contributed by atoms with van der Waals surface area (Å²) in [4.78, 5) is 23.2. The van der Waals surface area contributed by atoms with Crippen LogP contribution in [0.15, 0.2) is 42.5 Å². The SMILES string of the molecule is CC(C(=O)Nc1ccc2c(c1)OCO2)N1CCC(c2nc3ccccc3[nH]2)CC1. The summed E-state index contributed by atoms with van der Waals surface area (Å²) in [7, 11) is 0. The highest BCUT2D eigenvalue weighted by Gasteiger charge is 2.29. The quantitative estimate of drug-likeness (QED) is 0.710. The first-order valence-corrected chi connectivity index (χ1v) is 10.1. The van der Waals surface area contributed by atoms with E-state index in [0.717, 1.165) is 48.5 Å². The number of para-hydroxylation sites is 2. The maximum Gasteiger partial charge on any atom is 0.241 e. The minimum atomic E-state index is -0.197. The number of piperidine rings is 1. The van der Waals surface area contributed by atoms with E-state index in [9.17, 15) is 4.79 Å². The number of benzene rings is 2. The van der Waals surface area contributed by atoms with Crippen molar-refractivity contribution >= 4 is 22.6 Å². The molecule has 1 aromatic heterocycles. The number of anilines is 1. The van der Waals surface area contributed by atoms with Crippen molar-refractivity contribution < 1.29 is 14.3 Å². The summed E-state index contributed by atoms with van der Waals surface area (Å²) in [5.74, 6) is 2.84. The van der Waals surface area contributed by atoms with Crippen LogP contribution in [0.4, 0.5) is 5.69 Å². The van der Waals surface area contributed by atoms with E-state index in [1.54, 1.807) is 6.07 Å². The fourth-order valence-electron chi connectivity index (χ4n) is 4.11. The number of likely N-dealkylation sites (tertiary alicyclic amines) is 1. The van der Waals surface area contributed by atoms with Crippen LogP contribution >= 0.6 is 0 Å². The van der Waals surface area contributed by atoms with Crippen molar-refractivity contribution in [1.82, 2.24) is 14.9 Å². The third-order valence-corrected chi connectivity index (χ3v) is 5.89. The van der Waals surface area contributed by atoms with Gasteiger partial charge in [-0.25, -0.2) is 4.98 Å². The molecule has 0 bridgehead atoms. The second kappa shape index (κ2) is 7.40. The molecule has 0 radical (unpaired) electrons. The number of amides is 1. The molecule has 0 saturated carbocycles. The molecule has 1 unspecified atom stereocenters. The third-order valence-electron chi connectivity index (χ3n) is 5.89. The summed E-state index contributed by atoms with van der Waals surface area (Å²) in [5.41, 5.74) is 2.83. The molecule has 2 aromatic carbocycles. The van der Waals surface area contributed by atoms with Crippen molar-refractivity contribution in [3.8, 4) is 11.5 Å². The molecule has 0 spiro atoms. The highest BCUT2D eigenvalue weighted by molar-refractivity contribution is 5.94. The van der Waals surface area contributed by atoms with Gasteiger partial charge >= 0.3 is 0 Å². The van der Waals surface area contributed by atoms with E-state index in [1.807, 2.05) is 37.3 Å². The molecule has 29 heavy (non-hydrogen) atoms. The van der Waals surface area contributed by atoms with Crippen LogP contribution < -0.4 is 14.8 Å². The van der Waals surface area contributed by atoms with E-state index in [4.69, 9.17) is 14.5 Å². The van der Waals surface area contributed by atoms with Crippen LogP contribution in [0.2, 0.25) is 0 Å². The Morgan fingerprint density at radius 3 is 2.79 bits per heavy atom. The third kappa shape index (κ3) is 3.53. The monoisotopic (exact) mass is 392 g/mol. The van der Waals surface area contributed by atoms with Gasteiger partial charge in [0, 0.05) is 17.7 Å². The number of carbonyl (C=O) groups is 1. The molecule has 150 valence electrons. The van der Waals surface area contributed by atoms with Crippen molar-refractivity contribution in [2.75, 3.05) is 25.2 Å². The predicted octanol–water partition coefficient (Wildman–Crippen LogP) is 3.50. The smallest absolute Gasteiger partial charge is 0.241 e. The van der Waals surface area contributed by atoms with Gasteiger partial charge in [0.25, 0.3) is 0 Å². The average molecular weight is 392 g/mol. The van der Waals surface area contributed by atoms with Gasteiger partial charge in [0.2, 0.25) is 12.7 Å². The lowest BCUT2D eigenvalue weighted by Gasteiger charge is -2.34. The maximum absolute atomic E-state index is 12.7. The molecule has 1 saturated heterocycles. The largest absolute Gasteiger partial charge is 0.454 e. The highest BCUT2D eigenvalue weighted by Crippen LogP contribution is 2.34. The number of aromatic amines is 1. The fourth-order valence-corrected chi connectivity index (χ4v) is 4.11. The van der Waals surface area contributed by atoms with Crippen LogP contribution in [0, 0.1) is 0 Å². The van der Waals surface area contributed by atoms with Gasteiger partial charge in [0.05, 0.1) is 17.1 Å². The Morgan fingerprint density at radius 2 is 1.97 bits per heavy atom. The second-order valence-electron chi connectivity index (χ2n) is 7.68. The van der Waals surface area contributed by atoms with Crippen LogP contribution in [0.3, 0.4) is 0 Å². The molecular formula is C22H24N4O3. The lowest BCUT2D eigenvalue weighted by atomic mass is 9.95. The molecule has 2 aliphatic heterocycles. The van der Waals surface area contributed by atoms with Gasteiger partial charge in [0.1, 0.15) is 5.82 Å². The summed E-state index contributed by atoms with van der Waals surface area (Å²) in [5, 5.41) is 2.99. The van der Waals surface area contributed by atoms with Crippen molar-refractivity contribution in [1.29, 1.82) is 0 Å². The number of H-pyrrole nitrogens is 1. The Balaban J connectivity index is 1.19. The summed E-state index contributed by atoms with van der Waals surface area (Å²) in [6.45, 7) is 3.93. The van der Waals surface area contributed by atoms with Crippen molar-refractivity contribution in [3.05, 3.63) is 48.3 Å². The van der Waals surface area contributed by atoms with E-state index in [0.29, 0.717) is 17.4 Å². The lowest BCUT2D eigenvalue weighted by Crippen LogP contribution is -2.45. The number of imidazole rings is 1. The van der Waals surface area contributed by atoms with Crippen LogP contribution in [0.25, 0.3) is 11.0 Å². The standard InChI is InChI=1S/C22H24N4O3/c1-14(22(27)23-16-6-7-19-20(12-16)29-13-28-19)26-10-8-15(9-11-26)21-24-17-4-2-3-5-18(17)25-21/h2-7,12,14-15H,8-11,13H2,1H3,(H,23,27)(H,24,25). The van der Waals surface area contributed by atoms with Crippen molar-refractivity contribution in [3.63, 3.8) is 0 Å². The number of rotatable bonds is 4. The number of fused-ring (bicyclic) bond motifs is 2. The molecule has 0 aliphatic carbocycles. The van der Waals surface area contributed by atoms with Crippen LogP contribution in [-0.4, -0.2) is 46.7 Å². The number of hydrogen-bond acceptors (Lipinski definition) is 5. The number of ether oxygens (including phenoxy) is 2. The summed E-state index contributed by atoms with van der Waals surface area (Å²) in [6.07, 6.45) is 1.98. The molecule has 2 aliphatic rings. The fraction of sp³-hybridized carbons (Fsp3) is 0.364. The molecule has 1 fully saturated rings. The van der Waals surface area contributed by atoms with Crippen LogP contribution in [0.5, 0.6) is 11.5 Å². The first kappa shape index (κ1) is 18.0. The first-order valence-electron chi connectivity index (χ1n) is 10.1. The molecule has 1 amide bonds. The predicted molar refractivity (Wildman–Crippen MR) is 110 cm³/mol. The molecule has 2 N–H and O–H groups in total. The molecule has 3 aromatic rings. The van der Waals surface area contributed by atoms with Gasteiger partial charge < -0.3 is 19.8 Å². The van der Waals surface area contributed by atoms with E-state index in [-0.39, 0.29) is 18.7 Å². The summed E-state index contributed by atoms with van der Waals surface area (Å²) >= 11 is 0. The number of aromatic nitrogens is 2. The molecule has 1 atom stereocenters. The van der Waals surface area contributed by atoms with Gasteiger partial charge in [-0.05, 0) is 57.1 Å². The summed E-state index contributed by atoms with van der Waals surface area (Å²) < 4.78 is 10.7. The zero-order chi connectivity index (χ0) is 19.8. The Kier molecular flexibility index (Phi) is 4.60. The average Bonchev–Trinajstić information content (AvgIpc) is 3.39. The van der Waals surface area contributed by atoms with E-state index in [2.05, 4.69) is 21.3 Å². The number of hydrogen-bond donors (Lipinski definition) is 2. The van der Waals surface area contributed by atoms with E-state index < -0.39 is 0 Å². The zero-order valence-corrected chi connectivity index (χ0v) is 16.4. The van der Waals surface area contributed by atoms with Gasteiger partial charge in [-0.1, -0.05) is 12.1 Å². The van der Waals surface area contributed by atoms with Crippen LogP contribution in [0.1, 0.15) is 31.5 Å². The summed E-state index contributed by atoms with van der Waals surface area (Å²) in [6, 6.07) is 13.4. The molecule has 3 heterocycles. The van der Waals surface area contributed by atoms with Crippen molar-refractivity contribution in [2.45, 2.75) is 31.7 Å². The molecule has 7 heteroatoms. The molecule has 7 nitrogen and oxygen atoms in total. The van der Waals surface area contributed by atoms with Gasteiger partial charge in [-0.3, -0.25) is 9.69 Å². The number of nitrogens with one attached hydrogen (secondary N) is 2. The molecular weight excluding hydrogens is 368 g/mol. The Labute approximate surface area is 169 Å². The number of carbonyl (C=O) groups excluding carboxylic acids is 1. The van der Waals surface area contributed by atoms with Crippen LogP contribution in [-0.2, 0) is 4.79 Å². The maximum atomic E-state index is 12.7. The van der Waals surface area contributed by atoms with Crippen molar-refractivity contribution in [2.24, 2.45) is 0 Å². The minimum Gasteiger partial charge on any atom is -0.454 e. The van der Waals surface area contributed by atoms with Gasteiger partial charge in [-0.15, -0.1) is 0 Å². The second-order valence-corrected chi connectivity index (χ2v) is 7.68. The van der Waals surface area contributed by atoms with Gasteiger partial charge in [0.15, 0.2) is 11.5 Å². The Bertz CT molecular complexity index is 1010. The Morgan fingerprint density at radius 1 is 1.17 bits per heavy atom. The lowest BCUT2D eigenvalue weighted by molar-refractivity contribution is -0.121. The highest BCUT2D eigenvalue weighted by atomic mass is 16.7. The Hall–Kier alpha value is -3.06. The normalized spacial score (nSPS) is 18.1. The molecule has 5 rings (SSSR count). The first-order chi connectivity index (χ1) is 14.2. The zero-order valence-electron chi connectivity index (χ0n) is 16.4. The van der Waals surface area contributed by atoms with Gasteiger partial charge in [-0.2, -0.15) is 0 Å². The topological polar surface area (TPSA) is 79.5 Å². The number of nitrogens with zero attached hydrogens (tertiary/aromatic N) is 2. The van der Waals surface area contributed by atoms with E-state index in [1.165, 1.54) is 0 Å².